The molecule has 0 bridgehead atoms. The van der Waals surface area contributed by atoms with Crippen LogP contribution in [0.1, 0.15) is 102 Å². The Kier molecular flexibility index (Phi) is 14.6. The molecule has 1 N–H and O–H groups in total. The molecule has 0 aromatic heterocycles. The van der Waals surface area contributed by atoms with Crippen LogP contribution in [0.2, 0.25) is 0 Å². The lowest BCUT2D eigenvalue weighted by Crippen LogP contribution is -2.60. The molecule has 10 aromatic carbocycles. The summed E-state index contributed by atoms with van der Waals surface area (Å²) in [7, 11) is 0. The number of benzene rings is 10. The first kappa shape index (κ1) is 51.6. The van der Waals surface area contributed by atoms with Crippen LogP contribution in [-0.4, -0.2) is 6.71 Å². The van der Waals surface area contributed by atoms with Gasteiger partial charge in [0, 0.05) is 39.4 Å². The zero-order chi connectivity index (χ0) is 54.0. The molecule has 2 aliphatic rings. The molecule has 2 nitrogen and oxygen atoms in total. The lowest BCUT2D eigenvalue weighted by molar-refractivity contribution is 0.591. The van der Waals surface area contributed by atoms with E-state index in [-0.39, 0.29) is 12.1 Å². The number of rotatable bonds is 16. The number of aryl methyl sites for hydroxylation is 3. The van der Waals surface area contributed by atoms with Gasteiger partial charge in [0.2, 0.25) is 0 Å². The Morgan fingerprint density at radius 1 is 0.405 bits per heavy atom. The summed E-state index contributed by atoms with van der Waals surface area (Å²) in [5.41, 5.74) is 30.3. The van der Waals surface area contributed by atoms with Crippen molar-refractivity contribution in [2.75, 3.05) is 10.2 Å². The van der Waals surface area contributed by atoms with Crippen LogP contribution in [-0.2, 0) is 24.7 Å². The summed E-state index contributed by atoms with van der Waals surface area (Å²) < 4.78 is 0. The highest BCUT2D eigenvalue weighted by molar-refractivity contribution is 7.00. The number of hydrogen-bond donors (Lipinski definition) is 1. The number of nitrogens with one attached hydrogen (secondary N) is 1. The molecular weight excluding hydrogens is 952 g/mol. The molecule has 0 saturated carbocycles. The first-order chi connectivity index (χ1) is 38.7. The average Bonchev–Trinajstić information content (AvgIpc) is 3.43. The van der Waals surface area contributed by atoms with Crippen molar-refractivity contribution in [2.45, 2.75) is 105 Å². The fraction of sp³-hybridized carbons (Fsp3) is 0.211. The van der Waals surface area contributed by atoms with Crippen LogP contribution in [0.5, 0.6) is 0 Å². The van der Waals surface area contributed by atoms with Crippen LogP contribution < -0.4 is 26.6 Å². The molecule has 2 heterocycles. The summed E-state index contributed by atoms with van der Waals surface area (Å²) in [4.78, 5) is 2.67. The van der Waals surface area contributed by atoms with Crippen molar-refractivity contribution < 1.29 is 0 Å². The molecule has 12 rings (SSSR count). The van der Waals surface area contributed by atoms with E-state index < -0.39 is 0 Å². The van der Waals surface area contributed by atoms with Crippen LogP contribution in [0, 0.1) is 0 Å². The van der Waals surface area contributed by atoms with Crippen molar-refractivity contribution in [1.82, 2.24) is 0 Å². The second kappa shape index (κ2) is 22.3. The molecule has 0 radical (unpaired) electrons. The predicted molar refractivity (Wildman–Crippen MR) is 343 cm³/mol. The van der Waals surface area contributed by atoms with E-state index in [9.17, 15) is 0 Å². The number of nitrogens with zero attached hydrogens (tertiary/aromatic N) is 1. The Hall–Kier alpha value is -8.14. The topological polar surface area (TPSA) is 15.3 Å². The molecule has 390 valence electrons. The maximum absolute atomic E-state index is 4.40. The third-order valence-electron chi connectivity index (χ3n) is 16.7. The Bertz CT molecular complexity index is 3690. The normalized spacial score (nSPS) is 12.4. The predicted octanol–water partition coefficient (Wildman–Crippen LogP) is 19.4. The Morgan fingerprint density at radius 3 is 1.37 bits per heavy atom. The van der Waals surface area contributed by atoms with E-state index in [4.69, 9.17) is 0 Å². The van der Waals surface area contributed by atoms with Gasteiger partial charge in [-0.3, -0.25) is 0 Å². The van der Waals surface area contributed by atoms with Crippen molar-refractivity contribution in [3.63, 3.8) is 0 Å². The Balaban J connectivity index is 1.22. The van der Waals surface area contributed by atoms with Gasteiger partial charge in [0.05, 0.1) is 5.69 Å². The summed E-state index contributed by atoms with van der Waals surface area (Å²) >= 11 is 0. The van der Waals surface area contributed by atoms with E-state index in [0.717, 1.165) is 44.9 Å². The molecule has 10 aromatic rings. The van der Waals surface area contributed by atoms with Gasteiger partial charge in [-0.15, -0.1) is 0 Å². The maximum atomic E-state index is 4.40. The third-order valence-corrected chi connectivity index (χ3v) is 16.7. The highest BCUT2D eigenvalue weighted by atomic mass is 15.2. The monoisotopic (exact) mass is 1020 g/mol. The van der Waals surface area contributed by atoms with Crippen LogP contribution in [0.25, 0.3) is 66.8 Å². The first-order valence-corrected chi connectivity index (χ1v) is 29.4. The molecule has 0 atom stereocenters. The SMILES string of the molecule is CCCCc1cc(CCCC)c(-c2cc(-c3ccccc3)cc3c2Nc2cc(C(C)(C)C)cc4c2B3c2cc(-c3ccccc3)ccc2N4c2c(-c3ccccc3)cc(-c3ccccc3)cc2-c2ccccc2)c(CCCC)c1. The van der Waals surface area contributed by atoms with Crippen molar-refractivity contribution in [2.24, 2.45) is 0 Å². The van der Waals surface area contributed by atoms with Gasteiger partial charge in [0.25, 0.3) is 6.71 Å². The minimum absolute atomic E-state index is 0.0986. The molecule has 79 heavy (non-hydrogen) atoms. The first-order valence-electron chi connectivity index (χ1n) is 29.4. The molecule has 0 spiro atoms. The molecule has 0 saturated heterocycles. The van der Waals surface area contributed by atoms with E-state index in [1.54, 1.807) is 0 Å². The average molecular weight is 1030 g/mol. The molecule has 0 amide bonds. The van der Waals surface area contributed by atoms with E-state index in [2.05, 4.69) is 270 Å². The summed E-state index contributed by atoms with van der Waals surface area (Å²) in [5, 5.41) is 4.40. The van der Waals surface area contributed by atoms with Gasteiger partial charge in [-0.05, 0) is 169 Å². The molecule has 3 heteroatoms. The third kappa shape index (κ3) is 10.1. The lowest BCUT2D eigenvalue weighted by Gasteiger charge is -2.43. The van der Waals surface area contributed by atoms with E-state index in [1.165, 1.54) is 147 Å². The zero-order valence-corrected chi connectivity index (χ0v) is 47.2. The molecule has 0 aliphatic carbocycles. The number of hydrogen-bond acceptors (Lipinski definition) is 2. The molecule has 0 fully saturated rings. The van der Waals surface area contributed by atoms with Crippen LogP contribution in [0.4, 0.5) is 28.4 Å². The largest absolute Gasteiger partial charge is 0.356 e. The smallest absolute Gasteiger partial charge is 0.252 e. The van der Waals surface area contributed by atoms with Crippen LogP contribution >= 0.6 is 0 Å². The van der Waals surface area contributed by atoms with Crippen LogP contribution in [0.3, 0.4) is 0 Å². The minimum Gasteiger partial charge on any atom is -0.356 e. The summed E-state index contributed by atoms with van der Waals surface area (Å²) in [6.45, 7) is 14.0. The van der Waals surface area contributed by atoms with Crippen LogP contribution in [0.15, 0.2) is 218 Å². The minimum atomic E-state index is -0.164. The van der Waals surface area contributed by atoms with Gasteiger partial charge >= 0.3 is 0 Å². The summed E-state index contributed by atoms with van der Waals surface area (Å²) in [5.74, 6) is 0. The van der Waals surface area contributed by atoms with E-state index in [1.807, 2.05) is 0 Å². The van der Waals surface area contributed by atoms with Gasteiger partial charge in [-0.25, -0.2) is 0 Å². The molecule has 0 unspecified atom stereocenters. The second-order valence-corrected chi connectivity index (χ2v) is 23.2. The standard InChI is InChI=1S/C76H73BN2/c1-7-10-28-52-43-59(29-11-8-2)72(60(44-52)30-12-9-3)66-47-62(55-35-22-15-23-36-55)49-68-74(66)78-69-50-63(76(4,5)6)51-71-73(69)77(68)67-48-58(53-31-18-13-19-32-53)41-42-70(67)79(71)75-64(56-37-24-16-25-38-56)45-61(54-33-20-14-21-34-54)46-65(75)57-39-26-17-27-40-57/h13-27,31-51,78H,7-12,28-30H2,1-6H3. The zero-order valence-electron chi connectivity index (χ0n) is 47.2. The quantitative estimate of drug-likeness (QED) is 0.0971. The van der Waals surface area contributed by atoms with Gasteiger partial charge in [-0.1, -0.05) is 243 Å². The summed E-state index contributed by atoms with van der Waals surface area (Å²) in [6.07, 6.45) is 10.2. The highest BCUT2D eigenvalue weighted by Crippen LogP contribution is 2.52. The number of unbranched alkanes of at least 4 members (excludes halogenated alkanes) is 3. The maximum Gasteiger partial charge on any atom is 0.252 e. The lowest BCUT2D eigenvalue weighted by atomic mass is 9.33. The summed E-state index contributed by atoms with van der Waals surface area (Å²) in [6, 6.07) is 82.9. The van der Waals surface area contributed by atoms with Gasteiger partial charge < -0.3 is 10.2 Å². The molecule has 2 aliphatic heterocycles. The Labute approximate surface area is 471 Å². The van der Waals surface area contributed by atoms with Gasteiger partial charge in [-0.2, -0.15) is 0 Å². The van der Waals surface area contributed by atoms with E-state index >= 15 is 0 Å². The van der Waals surface area contributed by atoms with Crippen molar-refractivity contribution in [3.8, 4) is 66.8 Å². The van der Waals surface area contributed by atoms with Gasteiger partial charge in [0.15, 0.2) is 0 Å². The fourth-order valence-electron chi connectivity index (χ4n) is 12.7. The van der Waals surface area contributed by atoms with E-state index in [0.29, 0.717) is 0 Å². The highest BCUT2D eigenvalue weighted by Gasteiger charge is 2.44. The number of anilines is 5. The Morgan fingerprint density at radius 2 is 0.861 bits per heavy atom. The number of fused-ring (bicyclic) bond motifs is 4. The van der Waals surface area contributed by atoms with Crippen molar-refractivity contribution in [1.29, 1.82) is 0 Å². The van der Waals surface area contributed by atoms with Crippen molar-refractivity contribution in [3.05, 3.63) is 241 Å². The molecular formula is C76H73BN2. The van der Waals surface area contributed by atoms with Gasteiger partial charge in [0.1, 0.15) is 0 Å². The van der Waals surface area contributed by atoms with Crippen molar-refractivity contribution >= 4 is 51.5 Å². The fourth-order valence-corrected chi connectivity index (χ4v) is 12.7. The second-order valence-electron chi connectivity index (χ2n) is 23.2.